The lowest BCUT2D eigenvalue weighted by Gasteiger charge is -2.19. The molecule has 0 heterocycles. The minimum Gasteiger partial charge on any atom is -0.508 e. The molecule has 0 spiro atoms. The average Bonchev–Trinajstić information content (AvgIpc) is 2.41. The second kappa shape index (κ2) is 6.53. The molecule has 2 aromatic rings. The second-order valence-corrected chi connectivity index (χ2v) is 4.99. The van der Waals surface area contributed by atoms with Crippen molar-refractivity contribution >= 4 is 0 Å². The summed E-state index contributed by atoms with van der Waals surface area (Å²) in [7, 11) is 0. The van der Waals surface area contributed by atoms with E-state index in [0.717, 1.165) is 17.7 Å². The summed E-state index contributed by atoms with van der Waals surface area (Å²) in [4.78, 5) is 0. The first kappa shape index (κ1) is 14.5. The number of hydrogen-bond acceptors (Lipinski definition) is 2. The summed E-state index contributed by atoms with van der Waals surface area (Å²) in [6, 6.07) is 12.6. The van der Waals surface area contributed by atoms with Gasteiger partial charge in [-0.2, -0.15) is 0 Å². The third kappa shape index (κ3) is 3.58. The van der Waals surface area contributed by atoms with Crippen LogP contribution in [-0.2, 0) is 6.42 Å². The first-order valence-corrected chi connectivity index (χ1v) is 6.87. The molecule has 2 nitrogen and oxygen atoms in total. The molecule has 0 saturated heterocycles. The Bertz CT molecular complexity index is 583. The first-order valence-electron chi connectivity index (χ1n) is 6.87. The molecule has 1 unspecified atom stereocenters. The Kier molecular flexibility index (Phi) is 4.74. The van der Waals surface area contributed by atoms with E-state index in [-0.39, 0.29) is 17.6 Å². The van der Waals surface area contributed by atoms with Gasteiger partial charge in [-0.15, -0.1) is 0 Å². The molecule has 0 aliphatic heterocycles. The van der Waals surface area contributed by atoms with Crippen LogP contribution in [0.5, 0.6) is 5.75 Å². The lowest BCUT2D eigenvalue weighted by atomic mass is 9.97. The molecule has 0 aliphatic rings. The SMILES string of the molecule is CCNC(Cc1cccc(O)c1)c1ccc(C)c(F)c1. The Balaban J connectivity index is 2.24. The molecule has 0 bridgehead atoms. The van der Waals surface area contributed by atoms with Gasteiger partial charge in [0.25, 0.3) is 0 Å². The zero-order valence-corrected chi connectivity index (χ0v) is 11.9. The minimum atomic E-state index is -0.179. The van der Waals surface area contributed by atoms with Crippen LogP contribution in [0.1, 0.15) is 29.7 Å². The maximum atomic E-state index is 13.7. The third-order valence-corrected chi connectivity index (χ3v) is 3.40. The highest BCUT2D eigenvalue weighted by molar-refractivity contribution is 5.31. The van der Waals surface area contributed by atoms with Crippen LogP contribution in [0, 0.1) is 12.7 Å². The molecule has 0 saturated carbocycles. The zero-order valence-electron chi connectivity index (χ0n) is 11.9. The molecule has 2 rings (SSSR count). The van der Waals surface area contributed by atoms with Gasteiger partial charge >= 0.3 is 0 Å². The topological polar surface area (TPSA) is 32.3 Å². The van der Waals surface area contributed by atoms with Crippen molar-refractivity contribution in [2.24, 2.45) is 0 Å². The van der Waals surface area contributed by atoms with E-state index >= 15 is 0 Å². The molecule has 0 aromatic heterocycles. The van der Waals surface area contributed by atoms with Gasteiger partial charge in [0, 0.05) is 6.04 Å². The number of likely N-dealkylation sites (N-methyl/N-ethyl adjacent to an activating group) is 1. The molecule has 106 valence electrons. The van der Waals surface area contributed by atoms with Crippen molar-refractivity contribution in [2.45, 2.75) is 26.3 Å². The van der Waals surface area contributed by atoms with Crippen LogP contribution in [0.15, 0.2) is 42.5 Å². The number of aryl methyl sites for hydroxylation is 1. The Labute approximate surface area is 119 Å². The van der Waals surface area contributed by atoms with Gasteiger partial charge in [-0.05, 0) is 54.8 Å². The van der Waals surface area contributed by atoms with Crippen molar-refractivity contribution in [1.29, 1.82) is 0 Å². The molecule has 1 atom stereocenters. The standard InChI is InChI=1S/C17H20FNO/c1-3-19-17(10-13-5-4-6-15(20)9-13)14-8-7-12(2)16(18)11-14/h4-9,11,17,19-20H,3,10H2,1-2H3. The lowest BCUT2D eigenvalue weighted by Crippen LogP contribution is -2.23. The van der Waals surface area contributed by atoms with Crippen molar-refractivity contribution in [2.75, 3.05) is 6.54 Å². The second-order valence-electron chi connectivity index (χ2n) is 4.99. The summed E-state index contributed by atoms with van der Waals surface area (Å²) in [6.07, 6.45) is 0.713. The summed E-state index contributed by atoms with van der Waals surface area (Å²) >= 11 is 0. The van der Waals surface area contributed by atoms with Crippen molar-refractivity contribution in [3.8, 4) is 5.75 Å². The normalized spacial score (nSPS) is 12.3. The molecule has 2 N–H and O–H groups in total. The summed E-state index contributed by atoms with van der Waals surface area (Å²) in [6.45, 7) is 4.59. The summed E-state index contributed by atoms with van der Waals surface area (Å²) in [5, 5.41) is 12.9. The largest absolute Gasteiger partial charge is 0.508 e. The number of halogens is 1. The zero-order chi connectivity index (χ0) is 14.5. The smallest absolute Gasteiger partial charge is 0.126 e. The highest BCUT2D eigenvalue weighted by Crippen LogP contribution is 2.22. The highest BCUT2D eigenvalue weighted by atomic mass is 19.1. The maximum Gasteiger partial charge on any atom is 0.126 e. The van der Waals surface area contributed by atoms with Gasteiger partial charge in [-0.3, -0.25) is 0 Å². The number of rotatable bonds is 5. The molecule has 2 aromatic carbocycles. The number of phenols is 1. The number of nitrogens with one attached hydrogen (secondary N) is 1. The number of benzene rings is 2. The molecule has 0 radical (unpaired) electrons. The first-order chi connectivity index (χ1) is 9.60. The number of hydrogen-bond donors (Lipinski definition) is 2. The van der Waals surface area contributed by atoms with Crippen LogP contribution in [-0.4, -0.2) is 11.7 Å². The van der Waals surface area contributed by atoms with E-state index < -0.39 is 0 Å². The molecular weight excluding hydrogens is 253 g/mol. The number of aromatic hydroxyl groups is 1. The summed E-state index contributed by atoms with van der Waals surface area (Å²) in [5.74, 6) is 0.0779. The number of phenolic OH excluding ortho intramolecular Hbond substituents is 1. The highest BCUT2D eigenvalue weighted by Gasteiger charge is 2.13. The van der Waals surface area contributed by atoms with E-state index in [1.807, 2.05) is 25.1 Å². The van der Waals surface area contributed by atoms with Gasteiger partial charge in [-0.1, -0.05) is 31.2 Å². The van der Waals surface area contributed by atoms with E-state index in [2.05, 4.69) is 5.32 Å². The third-order valence-electron chi connectivity index (χ3n) is 3.40. The Morgan fingerprint density at radius 1 is 1.20 bits per heavy atom. The maximum absolute atomic E-state index is 13.7. The molecule has 3 heteroatoms. The van der Waals surface area contributed by atoms with Gasteiger partial charge < -0.3 is 10.4 Å². The summed E-state index contributed by atoms with van der Waals surface area (Å²) in [5.41, 5.74) is 2.61. The fourth-order valence-corrected chi connectivity index (χ4v) is 2.30. The average molecular weight is 273 g/mol. The fourth-order valence-electron chi connectivity index (χ4n) is 2.30. The van der Waals surface area contributed by atoms with Crippen LogP contribution in [0.3, 0.4) is 0 Å². The van der Waals surface area contributed by atoms with Gasteiger partial charge in [0.05, 0.1) is 0 Å². The quantitative estimate of drug-likeness (QED) is 0.870. The minimum absolute atomic E-state index is 0.0388. The molecule has 0 fully saturated rings. The van der Waals surface area contributed by atoms with Gasteiger partial charge in [0.2, 0.25) is 0 Å². The van der Waals surface area contributed by atoms with Gasteiger partial charge in [0.1, 0.15) is 11.6 Å². The van der Waals surface area contributed by atoms with Crippen LogP contribution in [0.4, 0.5) is 4.39 Å². The van der Waals surface area contributed by atoms with Crippen LogP contribution >= 0.6 is 0 Å². The molecule has 0 aliphatic carbocycles. The Morgan fingerprint density at radius 2 is 2.00 bits per heavy atom. The van der Waals surface area contributed by atoms with E-state index in [4.69, 9.17) is 0 Å². The molecular formula is C17H20FNO. The summed E-state index contributed by atoms with van der Waals surface area (Å²) < 4.78 is 13.7. The van der Waals surface area contributed by atoms with E-state index in [0.29, 0.717) is 12.0 Å². The van der Waals surface area contributed by atoms with Gasteiger partial charge in [0.15, 0.2) is 0 Å². The fraction of sp³-hybridized carbons (Fsp3) is 0.294. The lowest BCUT2D eigenvalue weighted by molar-refractivity contribution is 0.473. The van der Waals surface area contributed by atoms with E-state index in [9.17, 15) is 9.50 Å². The monoisotopic (exact) mass is 273 g/mol. The predicted molar refractivity (Wildman–Crippen MR) is 79.4 cm³/mol. The molecule has 0 amide bonds. The van der Waals surface area contributed by atoms with Crippen molar-refractivity contribution in [1.82, 2.24) is 5.32 Å². The van der Waals surface area contributed by atoms with Crippen LogP contribution in [0.2, 0.25) is 0 Å². The van der Waals surface area contributed by atoms with Crippen molar-refractivity contribution < 1.29 is 9.50 Å². The Hall–Kier alpha value is -1.87. The van der Waals surface area contributed by atoms with Crippen LogP contribution in [0.25, 0.3) is 0 Å². The van der Waals surface area contributed by atoms with Gasteiger partial charge in [-0.25, -0.2) is 4.39 Å². The van der Waals surface area contributed by atoms with E-state index in [1.54, 1.807) is 31.2 Å². The van der Waals surface area contributed by atoms with Crippen molar-refractivity contribution in [3.63, 3.8) is 0 Å². The Morgan fingerprint density at radius 3 is 2.65 bits per heavy atom. The van der Waals surface area contributed by atoms with Crippen molar-refractivity contribution in [3.05, 3.63) is 65.0 Å². The predicted octanol–water partition coefficient (Wildman–Crippen LogP) is 3.73. The molecule has 20 heavy (non-hydrogen) atoms. The van der Waals surface area contributed by atoms with E-state index in [1.165, 1.54) is 0 Å². The van der Waals surface area contributed by atoms with Crippen LogP contribution < -0.4 is 5.32 Å².